The molecule has 3 aromatic carbocycles. The molecule has 0 radical (unpaired) electrons. The van der Waals surface area contributed by atoms with Gasteiger partial charge in [-0.15, -0.1) is 0 Å². The van der Waals surface area contributed by atoms with Gasteiger partial charge in [0.05, 0.1) is 0 Å². The van der Waals surface area contributed by atoms with Crippen molar-refractivity contribution in [1.29, 1.82) is 0 Å². The molecule has 38 heavy (non-hydrogen) atoms. The average Bonchev–Trinajstić information content (AvgIpc) is 2.84. The standard InChI is InChI=1S/C33H42N2O3/c1-24-12-11-15-26(20-24)22-35(30(36)23-38-28-18-16-27(17-19-28)32(2,3)4)29(31(37)34-33(5,6)7)21-25-13-9-8-10-14-25/h8-20,29H,21-23H2,1-7H3,(H,34,37)/t29-/m1/s1. The number of hydrogen-bond donors (Lipinski definition) is 1. The fraction of sp³-hybridized carbons (Fsp3) is 0.394. The van der Waals surface area contributed by atoms with E-state index in [1.165, 1.54) is 5.56 Å². The molecule has 5 nitrogen and oxygen atoms in total. The highest BCUT2D eigenvalue weighted by Gasteiger charge is 2.32. The van der Waals surface area contributed by atoms with Crippen LogP contribution in [0.3, 0.4) is 0 Å². The van der Waals surface area contributed by atoms with Crippen LogP contribution in [0.1, 0.15) is 63.8 Å². The van der Waals surface area contributed by atoms with Gasteiger partial charge >= 0.3 is 0 Å². The number of ether oxygens (including phenoxy) is 1. The predicted octanol–water partition coefficient (Wildman–Crippen LogP) is 6.23. The van der Waals surface area contributed by atoms with Crippen LogP contribution in [0, 0.1) is 6.92 Å². The predicted molar refractivity (Wildman–Crippen MR) is 154 cm³/mol. The first-order valence-corrected chi connectivity index (χ1v) is 13.3. The lowest BCUT2D eigenvalue weighted by Crippen LogP contribution is -2.55. The lowest BCUT2D eigenvalue weighted by molar-refractivity contribution is -0.143. The summed E-state index contributed by atoms with van der Waals surface area (Å²) >= 11 is 0. The van der Waals surface area contributed by atoms with Crippen LogP contribution in [0.5, 0.6) is 5.75 Å². The molecular formula is C33H42N2O3. The maximum absolute atomic E-state index is 13.8. The van der Waals surface area contributed by atoms with Crippen molar-refractivity contribution in [2.24, 2.45) is 0 Å². The van der Waals surface area contributed by atoms with Crippen LogP contribution >= 0.6 is 0 Å². The topological polar surface area (TPSA) is 58.6 Å². The molecule has 3 rings (SSSR count). The van der Waals surface area contributed by atoms with Gasteiger partial charge in [0, 0.05) is 18.5 Å². The molecule has 0 aliphatic heterocycles. The van der Waals surface area contributed by atoms with E-state index in [9.17, 15) is 9.59 Å². The Balaban J connectivity index is 1.90. The summed E-state index contributed by atoms with van der Waals surface area (Å²) in [4.78, 5) is 29.0. The molecule has 0 spiro atoms. The van der Waals surface area contributed by atoms with Crippen molar-refractivity contribution < 1.29 is 14.3 Å². The van der Waals surface area contributed by atoms with Crippen LogP contribution in [0.4, 0.5) is 0 Å². The number of aryl methyl sites for hydroxylation is 1. The van der Waals surface area contributed by atoms with E-state index < -0.39 is 11.6 Å². The van der Waals surface area contributed by atoms with Gasteiger partial charge in [0.25, 0.3) is 5.91 Å². The van der Waals surface area contributed by atoms with Crippen molar-refractivity contribution in [3.8, 4) is 5.75 Å². The lowest BCUT2D eigenvalue weighted by atomic mass is 9.87. The van der Waals surface area contributed by atoms with Gasteiger partial charge in [-0.2, -0.15) is 0 Å². The minimum absolute atomic E-state index is 0.0318. The highest BCUT2D eigenvalue weighted by Crippen LogP contribution is 2.24. The summed E-state index contributed by atoms with van der Waals surface area (Å²) in [7, 11) is 0. The molecule has 3 aromatic rings. The average molecular weight is 515 g/mol. The number of nitrogens with zero attached hydrogens (tertiary/aromatic N) is 1. The number of nitrogens with one attached hydrogen (secondary N) is 1. The summed E-state index contributed by atoms with van der Waals surface area (Å²) in [6, 6.07) is 25.0. The van der Waals surface area contributed by atoms with Gasteiger partial charge in [0.15, 0.2) is 6.61 Å². The summed E-state index contributed by atoms with van der Waals surface area (Å²) < 4.78 is 5.94. The van der Waals surface area contributed by atoms with E-state index in [0.717, 1.165) is 16.7 Å². The molecule has 5 heteroatoms. The van der Waals surface area contributed by atoms with E-state index in [0.29, 0.717) is 18.7 Å². The number of amides is 2. The maximum Gasteiger partial charge on any atom is 0.261 e. The van der Waals surface area contributed by atoms with Crippen LogP contribution in [-0.2, 0) is 28.0 Å². The molecule has 2 amide bonds. The van der Waals surface area contributed by atoms with Gasteiger partial charge in [-0.1, -0.05) is 93.1 Å². The maximum atomic E-state index is 13.8. The summed E-state index contributed by atoms with van der Waals surface area (Å²) in [5, 5.41) is 3.09. The van der Waals surface area contributed by atoms with Crippen molar-refractivity contribution in [3.05, 3.63) is 101 Å². The Labute approximate surface area is 228 Å². The molecule has 0 unspecified atom stereocenters. The number of hydrogen-bond acceptors (Lipinski definition) is 3. The van der Waals surface area contributed by atoms with Crippen molar-refractivity contribution in [2.45, 2.75) is 78.4 Å². The number of carbonyl (C=O) groups excluding carboxylic acids is 2. The molecule has 0 saturated carbocycles. The molecule has 0 fully saturated rings. The van der Waals surface area contributed by atoms with Gasteiger partial charge in [0.2, 0.25) is 5.91 Å². The first-order valence-electron chi connectivity index (χ1n) is 13.3. The van der Waals surface area contributed by atoms with Crippen LogP contribution in [0.25, 0.3) is 0 Å². The van der Waals surface area contributed by atoms with E-state index in [4.69, 9.17) is 4.74 Å². The second-order valence-corrected chi connectivity index (χ2v) is 12.0. The SMILES string of the molecule is Cc1cccc(CN(C(=O)COc2ccc(C(C)(C)C)cc2)[C@H](Cc2ccccc2)C(=O)NC(C)(C)C)c1. The third-order valence-electron chi connectivity index (χ3n) is 6.29. The van der Waals surface area contributed by atoms with E-state index in [2.05, 4.69) is 26.1 Å². The third-order valence-corrected chi connectivity index (χ3v) is 6.29. The van der Waals surface area contributed by atoms with Crippen molar-refractivity contribution in [2.75, 3.05) is 6.61 Å². The molecule has 0 saturated heterocycles. The molecule has 0 bridgehead atoms. The lowest BCUT2D eigenvalue weighted by Gasteiger charge is -2.33. The van der Waals surface area contributed by atoms with Gasteiger partial charge in [-0.25, -0.2) is 0 Å². The van der Waals surface area contributed by atoms with E-state index >= 15 is 0 Å². The first kappa shape index (κ1) is 29.0. The Morgan fingerprint density at radius 2 is 1.47 bits per heavy atom. The summed E-state index contributed by atoms with van der Waals surface area (Å²) in [5.74, 6) is 0.203. The monoisotopic (exact) mass is 514 g/mol. The molecule has 202 valence electrons. The Morgan fingerprint density at radius 3 is 2.05 bits per heavy atom. The summed E-state index contributed by atoms with van der Waals surface area (Å²) in [6.07, 6.45) is 0.403. The second-order valence-electron chi connectivity index (χ2n) is 12.0. The molecule has 0 aliphatic carbocycles. The Bertz CT molecular complexity index is 1210. The highest BCUT2D eigenvalue weighted by molar-refractivity contribution is 5.89. The zero-order chi connectivity index (χ0) is 27.9. The summed E-state index contributed by atoms with van der Waals surface area (Å²) in [6.45, 7) is 14.5. The minimum Gasteiger partial charge on any atom is -0.484 e. The van der Waals surface area contributed by atoms with Gasteiger partial charge in [-0.05, 0) is 61.9 Å². The second kappa shape index (κ2) is 12.3. The van der Waals surface area contributed by atoms with Crippen molar-refractivity contribution in [1.82, 2.24) is 10.2 Å². The molecule has 1 N–H and O–H groups in total. The van der Waals surface area contributed by atoms with E-state index in [1.807, 2.05) is 107 Å². The first-order chi connectivity index (χ1) is 17.8. The third kappa shape index (κ3) is 8.76. The van der Waals surface area contributed by atoms with Gasteiger partial charge in [-0.3, -0.25) is 9.59 Å². The number of benzene rings is 3. The molecule has 0 heterocycles. The normalized spacial score (nSPS) is 12.5. The van der Waals surface area contributed by atoms with E-state index in [1.54, 1.807) is 4.90 Å². The fourth-order valence-electron chi connectivity index (χ4n) is 4.29. The smallest absolute Gasteiger partial charge is 0.261 e. The summed E-state index contributed by atoms with van der Waals surface area (Å²) in [5.41, 5.74) is 3.85. The minimum atomic E-state index is -0.698. The van der Waals surface area contributed by atoms with Crippen LogP contribution in [-0.4, -0.2) is 34.9 Å². The highest BCUT2D eigenvalue weighted by atomic mass is 16.5. The van der Waals surface area contributed by atoms with Gasteiger partial charge < -0.3 is 15.0 Å². The Kier molecular flexibility index (Phi) is 9.37. The molecule has 0 aliphatic rings. The van der Waals surface area contributed by atoms with Crippen LogP contribution in [0.15, 0.2) is 78.9 Å². The molecular weight excluding hydrogens is 472 g/mol. The molecule has 0 aromatic heterocycles. The Morgan fingerprint density at radius 1 is 0.842 bits per heavy atom. The van der Waals surface area contributed by atoms with Crippen LogP contribution in [0.2, 0.25) is 0 Å². The zero-order valence-corrected chi connectivity index (χ0v) is 23.9. The Hall–Kier alpha value is -3.60. The van der Waals surface area contributed by atoms with Crippen LogP contribution < -0.4 is 10.1 Å². The van der Waals surface area contributed by atoms with Gasteiger partial charge in [0.1, 0.15) is 11.8 Å². The van der Waals surface area contributed by atoms with E-state index in [-0.39, 0.29) is 23.8 Å². The molecule has 1 atom stereocenters. The van der Waals surface area contributed by atoms with Crippen molar-refractivity contribution >= 4 is 11.8 Å². The zero-order valence-electron chi connectivity index (χ0n) is 23.9. The number of carbonyl (C=O) groups is 2. The van der Waals surface area contributed by atoms with Crippen molar-refractivity contribution in [3.63, 3.8) is 0 Å². The fourth-order valence-corrected chi connectivity index (χ4v) is 4.29. The quantitative estimate of drug-likeness (QED) is 0.368. The largest absolute Gasteiger partial charge is 0.484 e. The number of rotatable bonds is 9.